The van der Waals surface area contributed by atoms with E-state index in [4.69, 9.17) is 34.8 Å². The molecule has 1 heterocycles. The monoisotopic (exact) mass is 369 g/mol. The first kappa shape index (κ1) is 17.4. The van der Waals surface area contributed by atoms with E-state index >= 15 is 0 Å². The van der Waals surface area contributed by atoms with Crippen LogP contribution in [0.25, 0.3) is 0 Å². The lowest BCUT2D eigenvalue weighted by atomic mass is 10.2. The second-order valence-corrected chi connectivity index (χ2v) is 8.22. The predicted molar refractivity (Wildman–Crippen MR) is 87.8 cm³/mol. The summed E-state index contributed by atoms with van der Waals surface area (Å²) in [6.45, 7) is 3.93. The molecule has 1 saturated heterocycles. The first-order chi connectivity index (χ1) is 9.82. The quantitative estimate of drug-likeness (QED) is 0.721. The fraction of sp³-hybridized carbons (Fsp3) is 0.571. The van der Waals surface area contributed by atoms with Crippen molar-refractivity contribution in [1.29, 1.82) is 0 Å². The van der Waals surface area contributed by atoms with Crippen molar-refractivity contribution in [3.05, 3.63) is 27.7 Å². The van der Waals surface area contributed by atoms with E-state index in [0.29, 0.717) is 10.6 Å². The van der Waals surface area contributed by atoms with Gasteiger partial charge in [-0.1, -0.05) is 30.1 Å². The molecular weight excluding hydrogens is 353 g/mol. The third kappa shape index (κ3) is 3.20. The fourth-order valence-electron chi connectivity index (χ4n) is 2.85. The number of benzene rings is 1. The second kappa shape index (κ2) is 6.63. The molecule has 0 aliphatic carbocycles. The number of hydrogen-bond donors (Lipinski definition) is 0. The Morgan fingerprint density at radius 3 is 2.48 bits per heavy atom. The Bertz CT molecular complexity index is 633. The van der Waals surface area contributed by atoms with Gasteiger partial charge in [0.25, 0.3) is 0 Å². The zero-order valence-corrected chi connectivity index (χ0v) is 15.0. The van der Waals surface area contributed by atoms with Gasteiger partial charge in [0.05, 0.1) is 5.02 Å². The van der Waals surface area contributed by atoms with E-state index in [1.807, 2.05) is 13.8 Å². The highest BCUT2D eigenvalue weighted by molar-refractivity contribution is 7.89. The molecule has 0 amide bonds. The number of sulfonamides is 1. The minimum Gasteiger partial charge on any atom is -0.207 e. The number of alkyl halides is 1. The van der Waals surface area contributed by atoms with Crippen molar-refractivity contribution < 1.29 is 8.42 Å². The normalized spacial score (nSPS) is 23.7. The molecular formula is C14H18Cl3NO2S. The third-order valence-electron chi connectivity index (χ3n) is 3.98. The molecule has 2 unspecified atom stereocenters. The lowest BCUT2D eigenvalue weighted by Crippen LogP contribution is -2.39. The molecule has 2 atom stereocenters. The molecule has 118 valence electrons. The SMILES string of the molecule is CCC1CCC(C)N1S(=O)(=O)c1cc(CCl)c(Cl)cc1Cl. The fourth-order valence-corrected chi connectivity index (χ4v) is 5.93. The molecule has 0 aromatic heterocycles. The Morgan fingerprint density at radius 1 is 1.24 bits per heavy atom. The first-order valence-electron chi connectivity index (χ1n) is 6.90. The molecule has 1 fully saturated rings. The van der Waals surface area contributed by atoms with Gasteiger partial charge < -0.3 is 0 Å². The van der Waals surface area contributed by atoms with Crippen LogP contribution in [-0.2, 0) is 15.9 Å². The molecule has 0 N–H and O–H groups in total. The van der Waals surface area contributed by atoms with Gasteiger partial charge in [-0.05, 0) is 43.9 Å². The van der Waals surface area contributed by atoms with E-state index < -0.39 is 10.0 Å². The van der Waals surface area contributed by atoms with Crippen LogP contribution in [0.2, 0.25) is 10.0 Å². The maximum absolute atomic E-state index is 13.0. The summed E-state index contributed by atoms with van der Waals surface area (Å²) in [5.41, 5.74) is 0.571. The lowest BCUT2D eigenvalue weighted by molar-refractivity contribution is 0.328. The van der Waals surface area contributed by atoms with E-state index in [1.165, 1.54) is 12.1 Å². The molecule has 1 aliphatic rings. The van der Waals surface area contributed by atoms with Gasteiger partial charge in [0.2, 0.25) is 10.0 Å². The van der Waals surface area contributed by atoms with Crippen LogP contribution in [-0.4, -0.2) is 24.8 Å². The van der Waals surface area contributed by atoms with Gasteiger partial charge in [-0.2, -0.15) is 4.31 Å². The Kier molecular flexibility index (Phi) is 5.48. The Hall–Kier alpha value is -0.000000000000000111. The van der Waals surface area contributed by atoms with Crippen molar-refractivity contribution in [2.24, 2.45) is 0 Å². The Labute approximate surface area is 141 Å². The molecule has 1 aromatic carbocycles. The molecule has 7 heteroatoms. The molecule has 0 bridgehead atoms. The molecule has 0 saturated carbocycles. The van der Waals surface area contributed by atoms with Crippen molar-refractivity contribution in [1.82, 2.24) is 4.31 Å². The summed E-state index contributed by atoms with van der Waals surface area (Å²) in [6.07, 6.45) is 2.53. The van der Waals surface area contributed by atoms with Crippen LogP contribution in [0.5, 0.6) is 0 Å². The van der Waals surface area contributed by atoms with E-state index in [1.54, 1.807) is 4.31 Å². The van der Waals surface area contributed by atoms with Crippen LogP contribution >= 0.6 is 34.8 Å². The number of hydrogen-bond acceptors (Lipinski definition) is 2. The van der Waals surface area contributed by atoms with Gasteiger partial charge in [0, 0.05) is 23.0 Å². The average molecular weight is 371 g/mol. The summed E-state index contributed by atoms with van der Waals surface area (Å²) < 4.78 is 27.5. The van der Waals surface area contributed by atoms with Crippen molar-refractivity contribution in [3.8, 4) is 0 Å². The van der Waals surface area contributed by atoms with Crippen molar-refractivity contribution in [2.45, 2.75) is 56.0 Å². The molecule has 1 aromatic rings. The zero-order chi connectivity index (χ0) is 15.8. The zero-order valence-electron chi connectivity index (χ0n) is 11.9. The second-order valence-electron chi connectivity index (χ2n) is 5.33. The van der Waals surface area contributed by atoms with E-state index in [-0.39, 0.29) is 27.9 Å². The Morgan fingerprint density at radius 2 is 1.90 bits per heavy atom. The van der Waals surface area contributed by atoms with Gasteiger partial charge in [-0.3, -0.25) is 0 Å². The van der Waals surface area contributed by atoms with Gasteiger partial charge in [0.15, 0.2) is 0 Å². The maximum atomic E-state index is 13.0. The smallest absolute Gasteiger partial charge is 0.207 e. The number of halogens is 3. The molecule has 0 radical (unpaired) electrons. The summed E-state index contributed by atoms with van der Waals surface area (Å²) in [5, 5.41) is 0.526. The minimum absolute atomic E-state index is 0.0221. The van der Waals surface area contributed by atoms with E-state index in [9.17, 15) is 8.42 Å². The predicted octanol–water partition coefficient (Wildman–Crippen LogP) is 4.68. The van der Waals surface area contributed by atoms with Gasteiger partial charge in [-0.25, -0.2) is 8.42 Å². The lowest BCUT2D eigenvalue weighted by Gasteiger charge is -2.27. The first-order valence-corrected chi connectivity index (χ1v) is 9.63. The van der Waals surface area contributed by atoms with Crippen LogP contribution in [0.4, 0.5) is 0 Å². The van der Waals surface area contributed by atoms with Crippen LogP contribution in [0.3, 0.4) is 0 Å². The minimum atomic E-state index is -3.65. The van der Waals surface area contributed by atoms with Crippen LogP contribution in [0.15, 0.2) is 17.0 Å². The summed E-state index contributed by atoms with van der Waals surface area (Å²) in [5.74, 6) is 0.144. The average Bonchev–Trinajstić information content (AvgIpc) is 2.80. The molecule has 1 aliphatic heterocycles. The Balaban J connectivity index is 2.54. The summed E-state index contributed by atoms with van der Waals surface area (Å²) in [6, 6.07) is 2.95. The van der Waals surface area contributed by atoms with Crippen LogP contribution in [0, 0.1) is 0 Å². The highest BCUT2D eigenvalue weighted by Crippen LogP contribution is 2.37. The van der Waals surface area contributed by atoms with Crippen LogP contribution < -0.4 is 0 Å². The number of rotatable bonds is 4. The van der Waals surface area contributed by atoms with E-state index in [2.05, 4.69) is 0 Å². The summed E-state index contributed by atoms with van der Waals surface area (Å²) in [7, 11) is -3.65. The van der Waals surface area contributed by atoms with Crippen molar-refractivity contribution >= 4 is 44.8 Å². The summed E-state index contributed by atoms with van der Waals surface area (Å²) >= 11 is 18.0. The highest BCUT2D eigenvalue weighted by Gasteiger charge is 2.40. The van der Waals surface area contributed by atoms with Gasteiger partial charge >= 0.3 is 0 Å². The van der Waals surface area contributed by atoms with E-state index in [0.717, 1.165) is 19.3 Å². The topological polar surface area (TPSA) is 37.4 Å². The molecule has 2 rings (SSSR count). The molecule has 0 spiro atoms. The van der Waals surface area contributed by atoms with Gasteiger partial charge in [-0.15, -0.1) is 11.6 Å². The van der Waals surface area contributed by atoms with Crippen molar-refractivity contribution in [3.63, 3.8) is 0 Å². The summed E-state index contributed by atoms with van der Waals surface area (Å²) in [4.78, 5) is 0.0939. The molecule has 21 heavy (non-hydrogen) atoms. The third-order valence-corrected chi connectivity index (χ3v) is 7.15. The standard InChI is InChI=1S/C14H18Cl3NO2S/c1-3-11-5-4-9(2)18(11)21(19,20)14-6-10(8-15)12(16)7-13(14)17/h6-7,9,11H,3-5,8H2,1-2H3. The van der Waals surface area contributed by atoms with Crippen LogP contribution in [0.1, 0.15) is 38.7 Å². The maximum Gasteiger partial charge on any atom is 0.245 e. The highest BCUT2D eigenvalue weighted by atomic mass is 35.5. The van der Waals surface area contributed by atoms with Gasteiger partial charge in [0.1, 0.15) is 4.90 Å². The molecule has 3 nitrogen and oxygen atoms in total. The van der Waals surface area contributed by atoms with Crippen molar-refractivity contribution in [2.75, 3.05) is 0 Å². The largest absolute Gasteiger partial charge is 0.245 e. The number of nitrogens with zero attached hydrogens (tertiary/aromatic N) is 1.